The average Bonchev–Trinajstić information content (AvgIpc) is 2.08. The molecule has 2 fully saturated rings. The lowest BCUT2D eigenvalue weighted by Gasteiger charge is -2.37. The second-order valence-electron chi connectivity index (χ2n) is 3.90. The third-order valence-corrected chi connectivity index (χ3v) is 3.11. The molecule has 1 heteroatoms. The van der Waals surface area contributed by atoms with E-state index in [-0.39, 0.29) is 0 Å². The first-order valence-corrected chi connectivity index (χ1v) is 4.03. The van der Waals surface area contributed by atoms with Gasteiger partial charge in [0.15, 0.2) is 0 Å². The molecule has 0 aromatic rings. The molecule has 2 saturated carbocycles. The van der Waals surface area contributed by atoms with Crippen molar-refractivity contribution >= 4 is 0 Å². The molecule has 2 aliphatic rings. The molecule has 0 heterocycles. The molecule has 2 N–H and O–H groups in total. The summed E-state index contributed by atoms with van der Waals surface area (Å²) in [5.74, 6) is 2.91. The van der Waals surface area contributed by atoms with Gasteiger partial charge in [-0.1, -0.05) is 6.92 Å². The summed E-state index contributed by atoms with van der Waals surface area (Å²) < 4.78 is 0. The van der Waals surface area contributed by atoms with Crippen molar-refractivity contribution in [3.05, 3.63) is 0 Å². The SMILES string of the molecule is CC1CC2CC(N)C2C1. The van der Waals surface area contributed by atoms with E-state index >= 15 is 0 Å². The van der Waals surface area contributed by atoms with Gasteiger partial charge in [-0.15, -0.1) is 0 Å². The molecule has 0 saturated heterocycles. The first-order chi connectivity index (χ1) is 4.27. The van der Waals surface area contributed by atoms with E-state index in [0.29, 0.717) is 6.04 Å². The van der Waals surface area contributed by atoms with Crippen molar-refractivity contribution in [1.29, 1.82) is 0 Å². The Balaban J connectivity index is 2.00. The van der Waals surface area contributed by atoms with Gasteiger partial charge in [0, 0.05) is 6.04 Å². The van der Waals surface area contributed by atoms with Crippen molar-refractivity contribution in [2.24, 2.45) is 23.5 Å². The Bertz CT molecular complexity index is 122. The molecule has 4 atom stereocenters. The normalized spacial score (nSPS) is 56.7. The van der Waals surface area contributed by atoms with Crippen molar-refractivity contribution < 1.29 is 0 Å². The van der Waals surface area contributed by atoms with Gasteiger partial charge in [-0.05, 0) is 37.0 Å². The monoisotopic (exact) mass is 125 g/mol. The van der Waals surface area contributed by atoms with Gasteiger partial charge in [0.1, 0.15) is 0 Å². The molecule has 0 spiro atoms. The molecule has 0 amide bonds. The molecule has 2 rings (SSSR count). The Hall–Kier alpha value is -0.0400. The van der Waals surface area contributed by atoms with Crippen LogP contribution in [0.3, 0.4) is 0 Å². The van der Waals surface area contributed by atoms with Crippen molar-refractivity contribution in [3.63, 3.8) is 0 Å². The lowest BCUT2D eigenvalue weighted by molar-refractivity contribution is 0.173. The van der Waals surface area contributed by atoms with Crippen LogP contribution in [0.25, 0.3) is 0 Å². The highest BCUT2D eigenvalue weighted by Gasteiger charge is 2.44. The summed E-state index contributed by atoms with van der Waals surface area (Å²) in [7, 11) is 0. The number of hydrogen-bond acceptors (Lipinski definition) is 1. The van der Waals surface area contributed by atoms with Gasteiger partial charge in [-0.2, -0.15) is 0 Å². The lowest BCUT2D eigenvalue weighted by Crippen LogP contribution is -2.44. The van der Waals surface area contributed by atoms with E-state index in [1.807, 2.05) is 0 Å². The maximum atomic E-state index is 5.83. The first-order valence-electron chi connectivity index (χ1n) is 4.03. The van der Waals surface area contributed by atoms with Gasteiger partial charge >= 0.3 is 0 Å². The average molecular weight is 125 g/mol. The molecule has 0 aromatic heterocycles. The fourth-order valence-electron chi connectivity index (χ4n) is 2.57. The Morgan fingerprint density at radius 3 is 2.44 bits per heavy atom. The van der Waals surface area contributed by atoms with Crippen LogP contribution in [0.15, 0.2) is 0 Å². The van der Waals surface area contributed by atoms with Crippen molar-refractivity contribution in [2.45, 2.75) is 32.2 Å². The second-order valence-corrected chi connectivity index (χ2v) is 3.90. The highest BCUT2D eigenvalue weighted by molar-refractivity contribution is 4.97. The van der Waals surface area contributed by atoms with Crippen LogP contribution in [-0.2, 0) is 0 Å². The molecule has 0 bridgehead atoms. The quantitative estimate of drug-likeness (QED) is 0.520. The third-order valence-electron chi connectivity index (χ3n) is 3.11. The predicted octanol–water partition coefficient (Wildman–Crippen LogP) is 1.38. The Morgan fingerprint density at radius 1 is 1.22 bits per heavy atom. The van der Waals surface area contributed by atoms with Crippen molar-refractivity contribution in [2.75, 3.05) is 0 Å². The minimum Gasteiger partial charge on any atom is -0.327 e. The highest BCUT2D eigenvalue weighted by atomic mass is 14.7. The zero-order chi connectivity index (χ0) is 6.43. The van der Waals surface area contributed by atoms with Gasteiger partial charge in [-0.3, -0.25) is 0 Å². The minimum absolute atomic E-state index is 0.569. The van der Waals surface area contributed by atoms with E-state index in [0.717, 1.165) is 17.8 Å². The van der Waals surface area contributed by atoms with Crippen molar-refractivity contribution in [1.82, 2.24) is 0 Å². The standard InChI is InChI=1S/C8H15N/c1-5-2-6-4-8(9)7(6)3-5/h5-8H,2-4,9H2,1H3. The maximum Gasteiger partial charge on any atom is 0.00726 e. The van der Waals surface area contributed by atoms with Gasteiger partial charge in [0.2, 0.25) is 0 Å². The first kappa shape index (κ1) is 5.72. The van der Waals surface area contributed by atoms with Gasteiger partial charge in [0.05, 0.1) is 0 Å². The van der Waals surface area contributed by atoms with Gasteiger partial charge in [0.25, 0.3) is 0 Å². The summed E-state index contributed by atoms with van der Waals surface area (Å²) in [4.78, 5) is 0. The van der Waals surface area contributed by atoms with E-state index < -0.39 is 0 Å². The smallest absolute Gasteiger partial charge is 0.00726 e. The molecule has 9 heavy (non-hydrogen) atoms. The van der Waals surface area contributed by atoms with Crippen LogP contribution in [0.5, 0.6) is 0 Å². The molecule has 52 valence electrons. The molecular weight excluding hydrogens is 110 g/mol. The largest absolute Gasteiger partial charge is 0.327 e. The molecule has 0 aromatic carbocycles. The fraction of sp³-hybridized carbons (Fsp3) is 1.00. The zero-order valence-electron chi connectivity index (χ0n) is 6.01. The molecule has 0 aliphatic heterocycles. The lowest BCUT2D eigenvalue weighted by atomic mass is 9.72. The van der Waals surface area contributed by atoms with E-state index in [2.05, 4.69) is 6.92 Å². The number of hydrogen-bond donors (Lipinski definition) is 1. The summed E-state index contributed by atoms with van der Waals surface area (Å²) in [6, 6.07) is 0.569. The molecular formula is C8H15N. The summed E-state index contributed by atoms with van der Waals surface area (Å²) in [5, 5.41) is 0. The van der Waals surface area contributed by atoms with Gasteiger partial charge in [-0.25, -0.2) is 0 Å². The number of fused-ring (bicyclic) bond motifs is 1. The Labute approximate surface area is 56.6 Å². The number of nitrogens with two attached hydrogens (primary N) is 1. The van der Waals surface area contributed by atoms with Gasteiger partial charge < -0.3 is 5.73 Å². The Morgan fingerprint density at radius 2 is 2.00 bits per heavy atom. The molecule has 2 aliphatic carbocycles. The fourth-order valence-corrected chi connectivity index (χ4v) is 2.57. The Kier molecular flexibility index (Phi) is 1.10. The van der Waals surface area contributed by atoms with Crippen molar-refractivity contribution in [3.8, 4) is 0 Å². The molecule has 1 nitrogen and oxygen atoms in total. The summed E-state index contributed by atoms with van der Waals surface area (Å²) in [5.41, 5.74) is 5.83. The number of rotatable bonds is 0. The van der Waals surface area contributed by atoms with E-state index in [4.69, 9.17) is 5.73 Å². The predicted molar refractivity (Wildman–Crippen MR) is 38.0 cm³/mol. The topological polar surface area (TPSA) is 26.0 Å². The van der Waals surface area contributed by atoms with E-state index in [1.165, 1.54) is 19.3 Å². The van der Waals surface area contributed by atoms with Crippen LogP contribution >= 0.6 is 0 Å². The van der Waals surface area contributed by atoms with E-state index in [1.54, 1.807) is 0 Å². The van der Waals surface area contributed by atoms with Crippen LogP contribution in [0, 0.1) is 17.8 Å². The second kappa shape index (κ2) is 1.72. The minimum atomic E-state index is 0.569. The molecule has 4 unspecified atom stereocenters. The summed E-state index contributed by atoms with van der Waals surface area (Å²) >= 11 is 0. The van der Waals surface area contributed by atoms with Crippen LogP contribution in [0.1, 0.15) is 26.2 Å². The third kappa shape index (κ3) is 0.710. The van der Waals surface area contributed by atoms with Crippen LogP contribution < -0.4 is 5.73 Å². The highest BCUT2D eigenvalue weighted by Crippen LogP contribution is 2.48. The van der Waals surface area contributed by atoms with Crippen LogP contribution in [-0.4, -0.2) is 6.04 Å². The van der Waals surface area contributed by atoms with E-state index in [9.17, 15) is 0 Å². The van der Waals surface area contributed by atoms with Crippen LogP contribution in [0.2, 0.25) is 0 Å². The summed E-state index contributed by atoms with van der Waals surface area (Å²) in [6.07, 6.45) is 4.18. The zero-order valence-corrected chi connectivity index (χ0v) is 6.01. The maximum absolute atomic E-state index is 5.83. The molecule has 0 radical (unpaired) electrons. The summed E-state index contributed by atoms with van der Waals surface area (Å²) in [6.45, 7) is 2.35. The van der Waals surface area contributed by atoms with Crippen LogP contribution in [0.4, 0.5) is 0 Å².